The van der Waals surface area contributed by atoms with Gasteiger partial charge in [0.2, 0.25) is 0 Å². The monoisotopic (exact) mass is 247 g/mol. The first kappa shape index (κ1) is 12.2. The third-order valence-electron chi connectivity index (χ3n) is 2.76. The van der Waals surface area contributed by atoms with E-state index in [1.165, 1.54) is 16.0 Å². The van der Waals surface area contributed by atoms with E-state index < -0.39 is 0 Å². The van der Waals surface area contributed by atoms with Crippen LogP contribution in [0, 0.1) is 6.92 Å². The van der Waals surface area contributed by atoms with Crippen molar-refractivity contribution in [2.75, 3.05) is 0 Å². The average Bonchev–Trinajstić information content (AvgIpc) is 2.71. The fourth-order valence-corrected chi connectivity index (χ4v) is 2.94. The Labute approximate surface area is 106 Å². The normalized spacial score (nSPS) is 12.7. The van der Waals surface area contributed by atoms with E-state index >= 15 is 0 Å². The molecule has 0 bridgehead atoms. The van der Waals surface area contributed by atoms with Gasteiger partial charge >= 0.3 is 0 Å². The second kappa shape index (κ2) is 4.94. The molecule has 2 aromatic heterocycles. The summed E-state index contributed by atoms with van der Waals surface area (Å²) in [5.74, 6) is 0. The Morgan fingerprint density at radius 1 is 1.47 bits per heavy atom. The minimum absolute atomic E-state index is 0.0492. The van der Waals surface area contributed by atoms with Crippen LogP contribution >= 0.6 is 11.3 Å². The number of hydrogen-bond acceptors (Lipinski definition) is 4. The van der Waals surface area contributed by atoms with Crippen LogP contribution in [0.25, 0.3) is 10.6 Å². The largest absolute Gasteiger partial charge is 0.323 e. The molecule has 17 heavy (non-hydrogen) atoms. The zero-order valence-corrected chi connectivity index (χ0v) is 11.2. The van der Waals surface area contributed by atoms with Gasteiger partial charge in [0.1, 0.15) is 5.01 Å². The fourth-order valence-electron chi connectivity index (χ4n) is 1.86. The topological polar surface area (TPSA) is 51.8 Å². The predicted octanol–water partition coefficient (Wildman–Crippen LogP) is 3.10. The summed E-state index contributed by atoms with van der Waals surface area (Å²) >= 11 is 1.69. The van der Waals surface area contributed by atoms with Crippen molar-refractivity contribution in [3.8, 4) is 10.6 Å². The zero-order valence-electron chi connectivity index (χ0n) is 10.4. The Balaban J connectivity index is 2.50. The van der Waals surface area contributed by atoms with Crippen molar-refractivity contribution in [2.24, 2.45) is 5.73 Å². The second-order valence-corrected chi connectivity index (χ2v) is 5.17. The Hall–Kier alpha value is -1.26. The maximum absolute atomic E-state index is 5.93. The SMILES string of the molecule is CCc1cnccc1-c1nc(C)c(C(C)N)s1. The van der Waals surface area contributed by atoms with Crippen LogP contribution in [0.2, 0.25) is 0 Å². The summed E-state index contributed by atoms with van der Waals surface area (Å²) in [5.41, 5.74) is 9.39. The van der Waals surface area contributed by atoms with Crippen LogP contribution in [0.3, 0.4) is 0 Å². The zero-order chi connectivity index (χ0) is 12.4. The Kier molecular flexibility index (Phi) is 3.54. The summed E-state index contributed by atoms with van der Waals surface area (Å²) < 4.78 is 0. The van der Waals surface area contributed by atoms with Crippen molar-refractivity contribution >= 4 is 11.3 Å². The Morgan fingerprint density at radius 3 is 2.82 bits per heavy atom. The first-order valence-corrected chi connectivity index (χ1v) is 6.61. The molecule has 1 atom stereocenters. The highest BCUT2D eigenvalue weighted by Gasteiger charge is 2.14. The minimum atomic E-state index is 0.0492. The molecule has 0 aliphatic rings. The average molecular weight is 247 g/mol. The van der Waals surface area contributed by atoms with Gasteiger partial charge in [0, 0.05) is 28.9 Å². The van der Waals surface area contributed by atoms with Crippen molar-refractivity contribution in [3.05, 3.63) is 34.6 Å². The third-order valence-corrected chi connectivity index (χ3v) is 4.15. The second-order valence-electron chi connectivity index (χ2n) is 4.14. The van der Waals surface area contributed by atoms with Gasteiger partial charge in [0.25, 0.3) is 0 Å². The van der Waals surface area contributed by atoms with E-state index in [4.69, 9.17) is 5.73 Å². The number of nitrogens with zero attached hydrogens (tertiary/aromatic N) is 2. The van der Waals surface area contributed by atoms with E-state index in [1.54, 1.807) is 11.3 Å². The molecule has 0 radical (unpaired) electrons. The van der Waals surface area contributed by atoms with E-state index in [1.807, 2.05) is 32.3 Å². The van der Waals surface area contributed by atoms with E-state index in [0.717, 1.165) is 17.1 Å². The molecule has 4 heteroatoms. The fraction of sp³-hybridized carbons (Fsp3) is 0.385. The van der Waals surface area contributed by atoms with Crippen molar-refractivity contribution in [1.29, 1.82) is 0 Å². The highest BCUT2D eigenvalue weighted by Crippen LogP contribution is 2.32. The van der Waals surface area contributed by atoms with Gasteiger partial charge in [-0.25, -0.2) is 4.98 Å². The van der Waals surface area contributed by atoms with Crippen molar-refractivity contribution in [1.82, 2.24) is 9.97 Å². The lowest BCUT2D eigenvalue weighted by Gasteiger charge is -2.03. The van der Waals surface area contributed by atoms with Gasteiger partial charge in [-0.15, -0.1) is 11.3 Å². The molecule has 0 aromatic carbocycles. The van der Waals surface area contributed by atoms with Crippen LogP contribution in [0.4, 0.5) is 0 Å². The molecule has 2 N–H and O–H groups in total. The van der Waals surface area contributed by atoms with Gasteiger partial charge in [-0.05, 0) is 31.9 Å². The van der Waals surface area contributed by atoms with Gasteiger partial charge in [-0.2, -0.15) is 0 Å². The molecule has 0 aliphatic heterocycles. The van der Waals surface area contributed by atoms with Crippen LogP contribution in [0.1, 0.15) is 36.0 Å². The van der Waals surface area contributed by atoms with Gasteiger partial charge in [-0.3, -0.25) is 4.98 Å². The van der Waals surface area contributed by atoms with Crippen LogP contribution in [-0.2, 0) is 6.42 Å². The smallest absolute Gasteiger partial charge is 0.124 e. The molecule has 3 nitrogen and oxygen atoms in total. The molecular weight excluding hydrogens is 230 g/mol. The third kappa shape index (κ3) is 2.37. The molecule has 0 saturated heterocycles. The van der Waals surface area contributed by atoms with Gasteiger partial charge in [0.15, 0.2) is 0 Å². The molecule has 0 spiro atoms. The number of pyridine rings is 1. The number of thiazole rings is 1. The number of hydrogen-bond donors (Lipinski definition) is 1. The highest BCUT2D eigenvalue weighted by atomic mass is 32.1. The van der Waals surface area contributed by atoms with Crippen LogP contribution in [0.5, 0.6) is 0 Å². The van der Waals surface area contributed by atoms with Crippen LogP contribution < -0.4 is 5.73 Å². The van der Waals surface area contributed by atoms with Crippen molar-refractivity contribution in [3.63, 3.8) is 0 Å². The predicted molar refractivity (Wildman–Crippen MR) is 72.1 cm³/mol. The maximum Gasteiger partial charge on any atom is 0.124 e. The number of aryl methyl sites for hydroxylation is 2. The molecule has 2 aromatic rings. The summed E-state index contributed by atoms with van der Waals surface area (Å²) in [7, 11) is 0. The number of rotatable bonds is 3. The standard InChI is InChI=1S/C13H17N3S/c1-4-10-7-15-6-5-11(10)13-16-9(3)12(17-13)8(2)14/h5-8H,4,14H2,1-3H3. The summed E-state index contributed by atoms with van der Waals surface area (Å²) in [6.45, 7) is 6.15. The highest BCUT2D eigenvalue weighted by molar-refractivity contribution is 7.15. The molecule has 0 fully saturated rings. The summed E-state index contributed by atoms with van der Waals surface area (Å²) in [5, 5.41) is 1.05. The van der Waals surface area contributed by atoms with Crippen molar-refractivity contribution in [2.45, 2.75) is 33.2 Å². The minimum Gasteiger partial charge on any atom is -0.323 e. The summed E-state index contributed by atoms with van der Waals surface area (Å²) in [4.78, 5) is 9.95. The van der Waals surface area contributed by atoms with Crippen LogP contribution in [0.15, 0.2) is 18.5 Å². The molecule has 0 aliphatic carbocycles. The van der Waals surface area contributed by atoms with E-state index in [2.05, 4.69) is 16.9 Å². The lowest BCUT2D eigenvalue weighted by Crippen LogP contribution is -2.03. The van der Waals surface area contributed by atoms with Crippen molar-refractivity contribution < 1.29 is 0 Å². The Bertz CT molecular complexity index is 517. The molecular formula is C13H17N3S. The molecule has 2 heterocycles. The van der Waals surface area contributed by atoms with Crippen LogP contribution in [-0.4, -0.2) is 9.97 Å². The van der Waals surface area contributed by atoms with E-state index in [0.29, 0.717) is 0 Å². The summed E-state index contributed by atoms with van der Waals surface area (Å²) in [6.07, 6.45) is 4.70. The molecule has 1 unspecified atom stereocenters. The van der Waals surface area contributed by atoms with E-state index in [-0.39, 0.29) is 6.04 Å². The quantitative estimate of drug-likeness (QED) is 0.906. The molecule has 0 amide bonds. The van der Waals surface area contributed by atoms with Gasteiger partial charge < -0.3 is 5.73 Å². The maximum atomic E-state index is 5.93. The lowest BCUT2D eigenvalue weighted by molar-refractivity contribution is 0.825. The lowest BCUT2D eigenvalue weighted by atomic mass is 10.1. The number of aromatic nitrogens is 2. The first-order chi connectivity index (χ1) is 8.13. The molecule has 0 saturated carbocycles. The van der Waals surface area contributed by atoms with Gasteiger partial charge in [0.05, 0.1) is 5.69 Å². The first-order valence-electron chi connectivity index (χ1n) is 5.79. The number of nitrogens with two attached hydrogens (primary N) is 1. The molecule has 90 valence electrons. The van der Waals surface area contributed by atoms with Gasteiger partial charge in [-0.1, -0.05) is 6.92 Å². The Morgan fingerprint density at radius 2 is 2.24 bits per heavy atom. The van der Waals surface area contributed by atoms with E-state index in [9.17, 15) is 0 Å². The summed E-state index contributed by atoms with van der Waals surface area (Å²) in [6, 6.07) is 2.08. The molecule has 2 rings (SSSR count).